The molecule has 1 aromatic carbocycles. The third kappa shape index (κ3) is 2.63. The SMILES string of the molecule is COc1cc(Nc2cccc(N)n2)ccc1F. The molecular formula is C12H12FN3O. The lowest BCUT2D eigenvalue weighted by atomic mass is 10.3. The van der Waals surface area contributed by atoms with E-state index in [-0.39, 0.29) is 5.75 Å². The number of hydrogen-bond acceptors (Lipinski definition) is 4. The maximum Gasteiger partial charge on any atom is 0.165 e. The largest absolute Gasteiger partial charge is 0.494 e. The van der Waals surface area contributed by atoms with Crippen LogP contribution in [0.5, 0.6) is 5.75 Å². The Hall–Kier alpha value is -2.30. The summed E-state index contributed by atoms with van der Waals surface area (Å²) in [4.78, 5) is 4.08. The number of aromatic nitrogens is 1. The van der Waals surface area contributed by atoms with Crippen molar-refractivity contribution in [2.24, 2.45) is 0 Å². The maximum absolute atomic E-state index is 13.2. The van der Waals surface area contributed by atoms with E-state index < -0.39 is 5.82 Å². The highest BCUT2D eigenvalue weighted by molar-refractivity contribution is 5.59. The Kier molecular flexibility index (Phi) is 3.09. The second-order valence-corrected chi connectivity index (χ2v) is 3.42. The zero-order valence-corrected chi connectivity index (χ0v) is 9.27. The molecule has 0 aliphatic heterocycles. The Morgan fingerprint density at radius 3 is 2.82 bits per heavy atom. The van der Waals surface area contributed by atoms with Gasteiger partial charge in [0.15, 0.2) is 11.6 Å². The molecule has 2 rings (SSSR count). The second kappa shape index (κ2) is 4.69. The lowest BCUT2D eigenvalue weighted by molar-refractivity contribution is 0.387. The van der Waals surface area contributed by atoms with Crippen LogP contribution >= 0.6 is 0 Å². The number of halogens is 1. The van der Waals surface area contributed by atoms with Crippen molar-refractivity contribution in [2.45, 2.75) is 0 Å². The van der Waals surface area contributed by atoms with Gasteiger partial charge in [-0.2, -0.15) is 0 Å². The normalized spacial score (nSPS) is 10.0. The molecule has 0 aliphatic carbocycles. The lowest BCUT2D eigenvalue weighted by Crippen LogP contribution is -1.97. The highest BCUT2D eigenvalue weighted by Crippen LogP contribution is 2.23. The van der Waals surface area contributed by atoms with E-state index in [2.05, 4.69) is 10.3 Å². The van der Waals surface area contributed by atoms with Gasteiger partial charge in [-0.3, -0.25) is 0 Å². The van der Waals surface area contributed by atoms with E-state index in [9.17, 15) is 4.39 Å². The molecule has 0 spiro atoms. The number of nitrogens with one attached hydrogen (secondary N) is 1. The zero-order chi connectivity index (χ0) is 12.3. The number of hydrogen-bond donors (Lipinski definition) is 2. The fourth-order valence-electron chi connectivity index (χ4n) is 1.41. The van der Waals surface area contributed by atoms with Gasteiger partial charge in [-0.1, -0.05) is 6.07 Å². The van der Waals surface area contributed by atoms with Gasteiger partial charge in [0.25, 0.3) is 0 Å². The Balaban J connectivity index is 2.24. The van der Waals surface area contributed by atoms with Crippen LogP contribution in [0.25, 0.3) is 0 Å². The first-order valence-electron chi connectivity index (χ1n) is 5.02. The molecular weight excluding hydrogens is 221 g/mol. The molecule has 0 aliphatic rings. The average molecular weight is 233 g/mol. The van der Waals surface area contributed by atoms with Crippen molar-refractivity contribution in [3.63, 3.8) is 0 Å². The molecule has 3 N–H and O–H groups in total. The summed E-state index contributed by atoms with van der Waals surface area (Å²) in [5, 5.41) is 3.01. The van der Waals surface area contributed by atoms with Gasteiger partial charge in [-0.25, -0.2) is 9.37 Å². The average Bonchev–Trinajstić information content (AvgIpc) is 2.32. The van der Waals surface area contributed by atoms with Crippen LogP contribution in [-0.4, -0.2) is 12.1 Å². The minimum Gasteiger partial charge on any atom is -0.494 e. The van der Waals surface area contributed by atoms with Crippen molar-refractivity contribution in [3.8, 4) is 5.75 Å². The van der Waals surface area contributed by atoms with Crippen LogP contribution in [0.3, 0.4) is 0 Å². The molecule has 0 atom stereocenters. The van der Waals surface area contributed by atoms with E-state index in [0.29, 0.717) is 17.3 Å². The van der Waals surface area contributed by atoms with Gasteiger partial charge in [0.1, 0.15) is 11.6 Å². The van der Waals surface area contributed by atoms with Crippen molar-refractivity contribution in [1.29, 1.82) is 0 Å². The first kappa shape index (κ1) is 11.2. The number of methoxy groups -OCH3 is 1. The zero-order valence-electron chi connectivity index (χ0n) is 9.27. The van der Waals surface area contributed by atoms with Crippen molar-refractivity contribution in [1.82, 2.24) is 4.98 Å². The summed E-state index contributed by atoms with van der Waals surface area (Å²) in [5.41, 5.74) is 6.24. The smallest absolute Gasteiger partial charge is 0.165 e. The van der Waals surface area contributed by atoms with E-state index in [0.717, 1.165) is 0 Å². The van der Waals surface area contributed by atoms with Crippen LogP contribution in [0, 0.1) is 5.82 Å². The fraction of sp³-hybridized carbons (Fsp3) is 0.0833. The Bertz CT molecular complexity index is 531. The van der Waals surface area contributed by atoms with Gasteiger partial charge in [0, 0.05) is 11.8 Å². The third-order valence-electron chi connectivity index (χ3n) is 2.19. The standard InChI is InChI=1S/C12H12FN3O/c1-17-10-7-8(5-6-9(10)13)15-12-4-2-3-11(14)16-12/h2-7H,1H3,(H3,14,15,16). The molecule has 0 radical (unpaired) electrons. The lowest BCUT2D eigenvalue weighted by Gasteiger charge is -2.08. The third-order valence-corrected chi connectivity index (χ3v) is 2.19. The molecule has 0 saturated carbocycles. The van der Waals surface area contributed by atoms with E-state index >= 15 is 0 Å². The molecule has 0 unspecified atom stereocenters. The maximum atomic E-state index is 13.2. The summed E-state index contributed by atoms with van der Waals surface area (Å²) >= 11 is 0. The first-order chi connectivity index (χ1) is 8.19. The van der Waals surface area contributed by atoms with E-state index in [1.165, 1.54) is 13.2 Å². The van der Waals surface area contributed by atoms with Gasteiger partial charge in [0.05, 0.1) is 7.11 Å². The number of ether oxygens (including phenoxy) is 1. The van der Waals surface area contributed by atoms with Gasteiger partial charge in [-0.15, -0.1) is 0 Å². The van der Waals surface area contributed by atoms with Crippen molar-refractivity contribution in [2.75, 3.05) is 18.2 Å². The molecule has 1 heterocycles. The Morgan fingerprint density at radius 1 is 1.29 bits per heavy atom. The van der Waals surface area contributed by atoms with E-state index in [1.807, 2.05) is 0 Å². The molecule has 0 amide bonds. The number of rotatable bonds is 3. The summed E-state index contributed by atoms with van der Waals surface area (Å²) in [6.45, 7) is 0. The van der Waals surface area contributed by atoms with Crippen LogP contribution in [0.2, 0.25) is 0 Å². The molecule has 88 valence electrons. The highest BCUT2D eigenvalue weighted by atomic mass is 19.1. The molecule has 1 aromatic heterocycles. The van der Waals surface area contributed by atoms with Gasteiger partial charge in [-0.05, 0) is 24.3 Å². The molecule has 2 aromatic rings. The molecule has 0 bridgehead atoms. The minimum atomic E-state index is -0.404. The van der Waals surface area contributed by atoms with E-state index in [1.54, 1.807) is 30.3 Å². The van der Waals surface area contributed by atoms with Crippen LogP contribution in [0.1, 0.15) is 0 Å². The van der Waals surface area contributed by atoms with Crippen LogP contribution in [0.4, 0.5) is 21.7 Å². The fourth-order valence-corrected chi connectivity index (χ4v) is 1.41. The Labute approximate surface area is 98.2 Å². The summed E-state index contributed by atoms with van der Waals surface area (Å²) in [6.07, 6.45) is 0. The van der Waals surface area contributed by atoms with Gasteiger partial charge in [0.2, 0.25) is 0 Å². The summed E-state index contributed by atoms with van der Waals surface area (Å²) in [7, 11) is 1.42. The van der Waals surface area contributed by atoms with Crippen molar-refractivity contribution >= 4 is 17.3 Å². The number of nitrogens with two attached hydrogens (primary N) is 1. The Morgan fingerprint density at radius 2 is 2.12 bits per heavy atom. The van der Waals surface area contributed by atoms with Crippen LogP contribution in [0.15, 0.2) is 36.4 Å². The highest BCUT2D eigenvalue weighted by Gasteiger charge is 2.04. The van der Waals surface area contributed by atoms with Gasteiger partial charge < -0.3 is 15.8 Å². The van der Waals surface area contributed by atoms with E-state index in [4.69, 9.17) is 10.5 Å². The van der Waals surface area contributed by atoms with Crippen LogP contribution in [-0.2, 0) is 0 Å². The minimum absolute atomic E-state index is 0.180. The second-order valence-electron chi connectivity index (χ2n) is 3.42. The number of pyridine rings is 1. The number of anilines is 3. The summed E-state index contributed by atoms with van der Waals surface area (Å²) in [6, 6.07) is 9.73. The number of nitrogen functional groups attached to an aromatic ring is 1. The molecule has 5 heteroatoms. The number of nitrogens with zero attached hydrogens (tertiary/aromatic N) is 1. The van der Waals surface area contributed by atoms with Crippen molar-refractivity contribution < 1.29 is 9.13 Å². The van der Waals surface area contributed by atoms with Crippen molar-refractivity contribution in [3.05, 3.63) is 42.2 Å². The molecule has 0 saturated heterocycles. The summed E-state index contributed by atoms with van der Waals surface area (Å²) < 4.78 is 18.1. The summed E-state index contributed by atoms with van der Waals surface area (Å²) in [5.74, 6) is 0.792. The monoisotopic (exact) mass is 233 g/mol. The quantitative estimate of drug-likeness (QED) is 0.855. The van der Waals surface area contributed by atoms with Gasteiger partial charge >= 0.3 is 0 Å². The number of benzene rings is 1. The predicted molar refractivity (Wildman–Crippen MR) is 64.9 cm³/mol. The molecule has 4 nitrogen and oxygen atoms in total. The first-order valence-corrected chi connectivity index (χ1v) is 5.02. The van der Waals surface area contributed by atoms with Crippen LogP contribution < -0.4 is 15.8 Å². The topological polar surface area (TPSA) is 60.2 Å². The molecule has 17 heavy (non-hydrogen) atoms. The predicted octanol–water partition coefficient (Wildman–Crippen LogP) is 2.56. The molecule has 0 fully saturated rings.